The van der Waals surface area contributed by atoms with Gasteiger partial charge in [-0.15, -0.1) is 0 Å². The summed E-state index contributed by atoms with van der Waals surface area (Å²) in [6.07, 6.45) is 7.02. The lowest BCUT2D eigenvalue weighted by molar-refractivity contribution is 0.628. The zero-order chi connectivity index (χ0) is 5.82. The van der Waals surface area contributed by atoms with Gasteiger partial charge in [-0.25, -0.2) is 0 Å². The van der Waals surface area contributed by atoms with Crippen molar-refractivity contribution in [2.24, 2.45) is 0 Å². The van der Waals surface area contributed by atoms with Crippen molar-refractivity contribution in [3.63, 3.8) is 0 Å². The lowest BCUT2D eigenvalue weighted by atomic mass is 10.3. The summed E-state index contributed by atoms with van der Waals surface area (Å²) in [7, 11) is 0. The smallest absolute Gasteiger partial charge is 0.0221 e. The fourth-order valence-corrected chi connectivity index (χ4v) is 0.918. The summed E-state index contributed by atoms with van der Waals surface area (Å²) in [6, 6.07) is 0.595. The van der Waals surface area contributed by atoms with Gasteiger partial charge >= 0.3 is 0 Å². The van der Waals surface area contributed by atoms with E-state index in [2.05, 4.69) is 24.4 Å². The molecule has 0 aliphatic carbocycles. The van der Waals surface area contributed by atoms with Crippen molar-refractivity contribution >= 4 is 0 Å². The summed E-state index contributed by atoms with van der Waals surface area (Å²) >= 11 is 0. The van der Waals surface area contributed by atoms with Crippen molar-refractivity contribution in [1.29, 1.82) is 0 Å². The summed E-state index contributed by atoms with van der Waals surface area (Å²) in [4.78, 5) is 0. The average molecular weight is 111 g/mol. The van der Waals surface area contributed by atoms with Gasteiger partial charge in [0.1, 0.15) is 0 Å². The topological polar surface area (TPSA) is 12.0 Å². The van der Waals surface area contributed by atoms with Gasteiger partial charge in [0, 0.05) is 6.04 Å². The second-order valence-corrected chi connectivity index (χ2v) is 2.31. The van der Waals surface area contributed by atoms with Crippen molar-refractivity contribution in [2.45, 2.75) is 25.8 Å². The minimum Gasteiger partial charge on any atom is -0.311 e. The van der Waals surface area contributed by atoms with Gasteiger partial charge in [0.25, 0.3) is 0 Å². The molecule has 0 aromatic heterocycles. The second kappa shape index (κ2) is 2.88. The number of nitrogens with one attached hydrogen (secondary N) is 1. The number of hydrogen-bond acceptors (Lipinski definition) is 1. The van der Waals surface area contributed by atoms with Crippen molar-refractivity contribution in [2.75, 3.05) is 6.54 Å². The summed E-state index contributed by atoms with van der Waals surface area (Å²) in [5, 5.41) is 3.36. The van der Waals surface area contributed by atoms with E-state index in [9.17, 15) is 0 Å². The van der Waals surface area contributed by atoms with E-state index in [1.807, 2.05) is 0 Å². The van der Waals surface area contributed by atoms with Crippen LogP contribution in [-0.2, 0) is 0 Å². The summed E-state index contributed by atoms with van der Waals surface area (Å²) in [6.45, 7) is 3.36. The van der Waals surface area contributed by atoms with Crippen LogP contribution in [-0.4, -0.2) is 12.6 Å². The molecule has 0 saturated carbocycles. The maximum Gasteiger partial charge on any atom is 0.0221 e. The van der Waals surface area contributed by atoms with E-state index in [1.165, 1.54) is 19.4 Å². The first-order valence-corrected chi connectivity index (χ1v) is 3.29. The van der Waals surface area contributed by atoms with Crippen LogP contribution in [0.1, 0.15) is 19.8 Å². The molecule has 0 fully saturated rings. The van der Waals surface area contributed by atoms with Crippen LogP contribution in [0.4, 0.5) is 0 Å². The Morgan fingerprint density at radius 1 is 1.62 bits per heavy atom. The number of allylic oxidation sites excluding steroid dienone is 1. The van der Waals surface area contributed by atoms with Crippen molar-refractivity contribution in [3.8, 4) is 0 Å². The Morgan fingerprint density at radius 3 is 3.38 bits per heavy atom. The molecule has 0 bridgehead atoms. The van der Waals surface area contributed by atoms with Crippen molar-refractivity contribution in [3.05, 3.63) is 12.2 Å². The van der Waals surface area contributed by atoms with Gasteiger partial charge in [0.15, 0.2) is 0 Å². The predicted molar refractivity (Wildman–Crippen MR) is 35.8 cm³/mol. The molecule has 1 nitrogen and oxygen atoms in total. The Hall–Kier alpha value is -0.300. The van der Waals surface area contributed by atoms with Crippen LogP contribution >= 0.6 is 0 Å². The minimum absolute atomic E-state index is 0.595. The van der Waals surface area contributed by atoms with Gasteiger partial charge in [-0.1, -0.05) is 12.2 Å². The zero-order valence-corrected chi connectivity index (χ0v) is 5.35. The first-order valence-electron chi connectivity index (χ1n) is 3.29. The van der Waals surface area contributed by atoms with Gasteiger partial charge in [0.2, 0.25) is 0 Å². The molecular formula is C7H13N. The van der Waals surface area contributed by atoms with E-state index in [1.54, 1.807) is 0 Å². The lowest BCUT2D eigenvalue weighted by Gasteiger charge is -2.03. The van der Waals surface area contributed by atoms with E-state index in [4.69, 9.17) is 0 Å². The Balaban J connectivity index is 2.33. The SMILES string of the molecule is C[C@H]1C=CCCCN1. The van der Waals surface area contributed by atoms with Gasteiger partial charge in [-0.3, -0.25) is 0 Å². The molecule has 1 aliphatic heterocycles. The molecule has 1 N–H and O–H groups in total. The Labute approximate surface area is 50.8 Å². The van der Waals surface area contributed by atoms with Gasteiger partial charge in [0.05, 0.1) is 0 Å². The molecule has 0 spiro atoms. The van der Waals surface area contributed by atoms with Gasteiger partial charge in [-0.05, 0) is 26.3 Å². The van der Waals surface area contributed by atoms with Crippen LogP contribution in [0.5, 0.6) is 0 Å². The van der Waals surface area contributed by atoms with E-state index in [0.29, 0.717) is 6.04 Å². The fourth-order valence-electron chi connectivity index (χ4n) is 0.918. The molecule has 0 unspecified atom stereocenters. The van der Waals surface area contributed by atoms with Crippen LogP contribution in [0.2, 0.25) is 0 Å². The highest BCUT2D eigenvalue weighted by atomic mass is 14.9. The summed E-state index contributed by atoms with van der Waals surface area (Å²) in [5.41, 5.74) is 0. The van der Waals surface area contributed by atoms with E-state index in [0.717, 1.165) is 0 Å². The standard InChI is InChI=1S/C7H13N/c1-7-5-3-2-4-6-8-7/h3,5,7-8H,2,4,6H2,1H3/t7-/m0/s1. The monoisotopic (exact) mass is 111 g/mol. The third-order valence-corrected chi connectivity index (χ3v) is 1.44. The van der Waals surface area contributed by atoms with Crippen LogP contribution in [0.3, 0.4) is 0 Å². The quantitative estimate of drug-likeness (QED) is 0.465. The molecule has 0 radical (unpaired) electrons. The van der Waals surface area contributed by atoms with Crippen LogP contribution < -0.4 is 5.32 Å². The van der Waals surface area contributed by atoms with E-state index in [-0.39, 0.29) is 0 Å². The molecule has 1 atom stereocenters. The third-order valence-electron chi connectivity index (χ3n) is 1.44. The van der Waals surface area contributed by atoms with Crippen molar-refractivity contribution < 1.29 is 0 Å². The van der Waals surface area contributed by atoms with Crippen LogP contribution in [0.25, 0.3) is 0 Å². The number of rotatable bonds is 0. The highest BCUT2D eigenvalue weighted by molar-refractivity contribution is 4.92. The van der Waals surface area contributed by atoms with Crippen LogP contribution in [0, 0.1) is 0 Å². The van der Waals surface area contributed by atoms with Crippen LogP contribution in [0.15, 0.2) is 12.2 Å². The molecule has 1 rings (SSSR count). The van der Waals surface area contributed by atoms with Crippen molar-refractivity contribution in [1.82, 2.24) is 5.32 Å². The van der Waals surface area contributed by atoms with Gasteiger partial charge < -0.3 is 5.32 Å². The zero-order valence-electron chi connectivity index (χ0n) is 5.35. The predicted octanol–water partition coefficient (Wildman–Crippen LogP) is 1.31. The Kier molecular flexibility index (Phi) is 2.10. The lowest BCUT2D eigenvalue weighted by Crippen LogP contribution is -2.23. The molecule has 1 aliphatic rings. The molecule has 1 heterocycles. The van der Waals surface area contributed by atoms with E-state index < -0.39 is 0 Å². The first-order chi connectivity index (χ1) is 3.89. The van der Waals surface area contributed by atoms with E-state index >= 15 is 0 Å². The maximum absolute atomic E-state index is 3.36. The Morgan fingerprint density at radius 2 is 2.50 bits per heavy atom. The largest absolute Gasteiger partial charge is 0.311 e. The fraction of sp³-hybridized carbons (Fsp3) is 0.714. The molecule has 46 valence electrons. The average Bonchev–Trinajstić information content (AvgIpc) is 1.94. The normalized spacial score (nSPS) is 29.9. The second-order valence-electron chi connectivity index (χ2n) is 2.31. The molecular weight excluding hydrogens is 98.1 g/mol. The minimum atomic E-state index is 0.595. The van der Waals surface area contributed by atoms with Gasteiger partial charge in [-0.2, -0.15) is 0 Å². The maximum atomic E-state index is 3.36. The molecule has 0 saturated heterocycles. The highest BCUT2D eigenvalue weighted by Gasteiger charge is 1.96. The molecule has 8 heavy (non-hydrogen) atoms. The molecule has 0 amide bonds. The molecule has 0 aromatic rings. The highest BCUT2D eigenvalue weighted by Crippen LogP contribution is 1.97. The Bertz CT molecular complexity index is 86.4. The number of hydrogen-bond donors (Lipinski definition) is 1. The third kappa shape index (κ3) is 1.66. The summed E-state index contributed by atoms with van der Waals surface area (Å²) in [5.74, 6) is 0. The molecule has 0 aromatic carbocycles. The summed E-state index contributed by atoms with van der Waals surface area (Å²) < 4.78 is 0. The first kappa shape index (κ1) is 5.83. The molecule has 1 heteroatoms.